The van der Waals surface area contributed by atoms with Crippen molar-refractivity contribution in [3.63, 3.8) is 0 Å². The zero-order valence-corrected chi connectivity index (χ0v) is 10.6. The normalized spacial score (nSPS) is 17.7. The van der Waals surface area contributed by atoms with Gasteiger partial charge in [-0.15, -0.1) is 0 Å². The number of hydrogen-bond donors (Lipinski definition) is 2. The summed E-state index contributed by atoms with van der Waals surface area (Å²) in [6.45, 7) is 2.60. The van der Waals surface area contributed by atoms with Gasteiger partial charge >= 0.3 is 0 Å². The van der Waals surface area contributed by atoms with Gasteiger partial charge in [0.15, 0.2) is 0 Å². The number of hydrogen-bond acceptors (Lipinski definition) is 2. The first kappa shape index (κ1) is 13.0. The SMILES string of the molecule is CCC1C(=O)Nc2c(F)cc(CCCCN)cc21. The summed E-state index contributed by atoms with van der Waals surface area (Å²) in [7, 11) is 0. The minimum atomic E-state index is -0.320. The van der Waals surface area contributed by atoms with E-state index in [9.17, 15) is 9.18 Å². The zero-order valence-electron chi connectivity index (χ0n) is 10.6. The van der Waals surface area contributed by atoms with E-state index in [-0.39, 0.29) is 17.6 Å². The van der Waals surface area contributed by atoms with Crippen LogP contribution in [0.25, 0.3) is 0 Å². The van der Waals surface area contributed by atoms with Crippen molar-refractivity contribution in [3.05, 3.63) is 29.1 Å². The summed E-state index contributed by atoms with van der Waals surface area (Å²) < 4.78 is 13.9. The third-order valence-electron chi connectivity index (χ3n) is 3.45. The molecule has 0 saturated carbocycles. The number of fused-ring (bicyclic) bond motifs is 1. The second-order valence-corrected chi connectivity index (χ2v) is 4.74. The zero-order chi connectivity index (χ0) is 13.1. The van der Waals surface area contributed by atoms with Crippen molar-refractivity contribution in [2.45, 2.75) is 38.5 Å². The summed E-state index contributed by atoms with van der Waals surface area (Å²) in [5, 5.41) is 2.63. The number of rotatable bonds is 5. The van der Waals surface area contributed by atoms with Crippen LogP contribution in [0.1, 0.15) is 43.2 Å². The lowest BCUT2D eigenvalue weighted by Gasteiger charge is -2.08. The minimum absolute atomic E-state index is 0.0921. The number of nitrogens with one attached hydrogen (secondary N) is 1. The number of carbonyl (C=O) groups is 1. The number of benzene rings is 1. The van der Waals surface area contributed by atoms with E-state index in [0.717, 1.165) is 30.4 Å². The lowest BCUT2D eigenvalue weighted by atomic mass is 9.95. The molecule has 0 saturated heterocycles. The fraction of sp³-hybridized carbons (Fsp3) is 0.500. The molecule has 4 heteroatoms. The second kappa shape index (κ2) is 5.48. The minimum Gasteiger partial charge on any atom is -0.330 e. The van der Waals surface area contributed by atoms with Crippen LogP contribution in [-0.2, 0) is 11.2 Å². The van der Waals surface area contributed by atoms with E-state index >= 15 is 0 Å². The van der Waals surface area contributed by atoms with Gasteiger partial charge < -0.3 is 11.1 Å². The van der Waals surface area contributed by atoms with Crippen molar-refractivity contribution in [3.8, 4) is 0 Å². The summed E-state index contributed by atoms with van der Waals surface area (Å²) in [5.41, 5.74) is 7.58. The van der Waals surface area contributed by atoms with Crippen LogP contribution in [0.5, 0.6) is 0 Å². The highest BCUT2D eigenvalue weighted by Gasteiger charge is 2.31. The van der Waals surface area contributed by atoms with E-state index in [4.69, 9.17) is 5.73 Å². The first-order valence-electron chi connectivity index (χ1n) is 6.50. The molecule has 0 bridgehead atoms. The Morgan fingerprint density at radius 3 is 2.83 bits per heavy atom. The molecule has 1 aliphatic rings. The van der Waals surface area contributed by atoms with E-state index in [0.29, 0.717) is 18.7 Å². The first-order chi connectivity index (χ1) is 8.67. The largest absolute Gasteiger partial charge is 0.330 e. The Kier molecular flexibility index (Phi) is 3.97. The van der Waals surface area contributed by atoms with Crippen LogP contribution >= 0.6 is 0 Å². The molecule has 1 amide bonds. The molecule has 0 aromatic heterocycles. The summed E-state index contributed by atoms with van der Waals surface area (Å²) >= 11 is 0. The van der Waals surface area contributed by atoms with Gasteiger partial charge in [0.25, 0.3) is 0 Å². The van der Waals surface area contributed by atoms with E-state index in [2.05, 4.69) is 5.32 Å². The third-order valence-corrected chi connectivity index (χ3v) is 3.45. The number of amides is 1. The predicted octanol–water partition coefficient (Wildman–Crippen LogP) is 2.55. The molecule has 1 heterocycles. The quantitative estimate of drug-likeness (QED) is 0.789. The van der Waals surface area contributed by atoms with Crippen LogP contribution in [0.4, 0.5) is 10.1 Å². The number of carbonyl (C=O) groups excluding carboxylic acids is 1. The molecule has 98 valence electrons. The molecule has 18 heavy (non-hydrogen) atoms. The molecule has 1 aromatic rings. The maximum Gasteiger partial charge on any atom is 0.232 e. The summed E-state index contributed by atoms with van der Waals surface area (Å²) in [4.78, 5) is 11.7. The van der Waals surface area contributed by atoms with Crippen LogP contribution in [0.3, 0.4) is 0 Å². The molecule has 1 atom stereocenters. The van der Waals surface area contributed by atoms with Gasteiger partial charge in [-0.25, -0.2) is 4.39 Å². The molecular formula is C14H19FN2O. The standard InChI is InChI=1S/C14H19FN2O/c1-2-10-11-7-9(5-3-4-6-16)8-12(15)13(11)17-14(10)18/h7-8,10H,2-6,16H2,1H3,(H,17,18). The van der Waals surface area contributed by atoms with Crippen molar-refractivity contribution >= 4 is 11.6 Å². The Balaban J connectivity index is 2.25. The van der Waals surface area contributed by atoms with Crippen molar-refractivity contribution in [2.75, 3.05) is 11.9 Å². The maximum atomic E-state index is 13.9. The third kappa shape index (κ3) is 2.38. The van der Waals surface area contributed by atoms with Gasteiger partial charge in [-0.1, -0.05) is 13.0 Å². The smallest absolute Gasteiger partial charge is 0.232 e. The van der Waals surface area contributed by atoms with Gasteiger partial charge in [0, 0.05) is 0 Å². The van der Waals surface area contributed by atoms with Crippen LogP contribution in [0.2, 0.25) is 0 Å². The molecule has 1 aromatic carbocycles. The van der Waals surface area contributed by atoms with Crippen molar-refractivity contribution in [2.24, 2.45) is 5.73 Å². The van der Waals surface area contributed by atoms with Crippen molar-refractivity contribution in [1.29, 1.82) is 0 Å². The summed E-state index contributed by atoms with van der Waals surface area (Å²) in [5.74, 6) is -0.617. The molecule has 0 aliphatic carbocycles. The lowest BCUT2D eigenvalue weighted by molar-refractivity contribution is -0.117. The molecule has 1 unspecified atom stereocenters. The predicted molar refractivity (Wildman–Crippen MR) is 70.1 cm³/mol. The molecule has 0 spiro atoms. The van der Waals surface area contributed by atoms with E-state index in [1.807, 2.05) is 13.0 Å². The highest BCUT2D eigenvalue weighted by atomic mass is 19.1. The molecule has 0 fully saturated rings. The number of halogens is 1. The number of nitrogens with two attached hydrogens (primary N) is 1. The molecule has 0 radical (unpaired) electrons. The second-order valence-electron chi connectivity index (χ2n) is 4.74. The Bertz CT molecular complexity index is 459. The van der Waals surface area contributed by atoms with Crippen LogP contribution in [-0.4, -0.2) is 12.5 Å². The fourth-order valence-electron chi connectivity index (χ4n) is 2.47. The Labute approximate surface area is 107 Å². The van der Waals surface area contributed by atoms with Crippen LogP contribution in [0.15, 0.2) is 12.1 Å². The lowest BCUT2D eigenvalue weighted by Crippen LogP contribution is -2.10. The first-order valence-corrected chi connectivity index (χ1v) is 6.50. The molecule has 3 nitrogen and oxygen atoms in total. The topological polar surface area (TPSA) is 55.1 Å². The highest BCUT2D eigenvalue weighted by Crippen LogP contribution is 2.37. The molecule has 2 rings (SSSR count). The number of anilines is 1. The van der Waals surface area contributed by atoms with Gasteiger partial charge in [-0.2, -0.15) is 0 Å². The Morgan fingerprint density at radius 1 is 1.39 bits per heavy atom. The monoisotopic (exact) mass is 250 g/mol. The van der Waals surface area contributed by atoms with Gasteiger partial charge in [0.1, 0.15) is 5.82 Å². The Morgan fingerprint density at radius 2 is 2.17 bits per heavy atom. The summed E-state index contributed by atoms with van der Waals surface area (Å²) in [6.07, 6.45) is 3.40. The molecule has 1 aliphatic heterocycles. The van der Waals surface area contributed by atoms with E-state index in [1.54, 1.807) is 0 Å². The number of aryl methyl sites for hydroxylation is 1. The van der Waals surface area contributed by atoms with Crippen LogP contribution < -0.4 is 11.1 Å². The Hall–Kier alpha value is -1.42. The van der Waals surface area contributed by atoms with E-state index in [1.165, 1.54) is 6.07 Å². The molecular weight excluding hydrogens is 231 g/mol. The number of unbranched alkanes of at least 4 members (excludes halogenated alkanes) is 1. The van der Waals surface area contributed by atoms with Crippen molar-refractivity contribution in [1.82, 2.24) is 0 Å². The van der Waals surface area contributed by atoms with Crippen LogP contribution in [0, 0.1) is 5.82 Å². The molecule has 3 N–H and O–H groups in total. The van der Waals surface area contributed by atoms with Crippen molar-refractivity contribution < 1.29 is 9.18 Å². The van der Waals surface area contributed by atoms with Gasteiger partial charge in [0.05, 0.1) is 11.6 Å². The average molecular weight is 250 g/mol. The maximum absolute atomic E-state index is 13.9. The van der Waals surface area contributed by atoms with Gasteiger partial charge in [-0.3, -0.25) is 4.79 Å². The van der Waals surface area contributed by atoms with Gasteiger partial charge in [0.2, 0.25) is 5.91 Å². The highest BCUT2D eigenvalue weighted by molar-refractivity contribution is 6.03. The fourth-order valence-corrected chi connectivity index (χ4v) is 2.47. The van der Waals surface area contributed by atoms with Gasteiger partial charge in [-0.05, 0) is 49.4 Å². The average Bonchev–Trinajstić information content (AvgIpc) is 2.66. The summed E-state index contributed by atoms with van der Waals surface area (Å²) in [6, 6.07) is 3.48. The van der Waals surface area contributed by atoms with E-state index < -0.39 is 0 Å².